The first-order chi connectivity index (χ1) is 8.86. The van der Waals surface area contributed by atoms with E-state index in [0.717, 1.165) is 17.3 Å². The molecule has 1 aromatic heterocycles. The molecule has 0 fully saturated rings. The van der Waals surface area contributed by atoms with E-state index in [9.17, 15) is 0 Å². The second-order valence-electron chi connectivity index (χ2n) is 4.35. The van der Waals surface area contributed by atoms with Crippen molar-refractivity contribution in [3.8, 4) is 6.07 Å². The third-order valence-electron chi connectivity index (χ3n) is 3.13. The van der Waals surface area contributed by atoms with Crippen LogP contribution in [0.25, 0.3) is 10.9 Å². The minimum absolute atomic E-state index is 0.705. The molecule has 0 aliphatic rings. The quantitative estimate of drug-likeness (QED) is 0.720. The maximum Gasteiger partial charge on any atom is 0.0991 e. The maximum atomic E-state index is 8.95. The van der Waals surface area contributed by atoms with Gasteiger partial charge in [-0.15, -0.1) is 0 Å². The topological polar surface area (TPSA) is 39.6 Å². The smallest absolute Gasteiger partial charge is 0.0991 e. The Morgan fingerprint density at radius 1 is 1.06 bits per heavy atom. The van der Waals surface area contributed by atoms with Crippen molar-refractivity contribution in [1.29, 1.82) is 5.26 Å². The lowest BCUT2D eigenvalue weighted by molar-refractivity contribution is 1.21. The fourth-order valence-corrected chi connectivity index (χ4v) is 2.21. The third-order valence-corrected chi connectivity index (χ3v) is 3.13. The lowest BCUT2D eigenvalue weighted by Gasteiger charge is -2.00. The molecule has 0 aliphatic heterocycles. The van der Waals surface area contributed by atoms with Gasteiger partial charge in [-0.25, -0.2) is 0 Å². The summed E-state index contributed by atoms with van der Waals surface area (Å²) in [7, 11) is 0. The summed E-state index contributed by atoms with van der Waals surface area (Å²) in [6.07, 6.45) is 2.91. The van der Waals surface area contributed by atoms with Gasteiger partial charge in [-0.1, -0.05) is 30.3 Å². The monoisotopic (exact) mass is 232 g/mol. The van der Waals surface area contributed by atoms with Crippen LogP contribution in [0.4, 0.5) is 0 Å². The Bertz CT molecular complexity index is 718. The first-order valence-corrected chi connectivity index (χ1v) is 5.91. The van der Waals surface area contributed by atoms with E-state index in [1.807, 2.05) is 42.6 Å². The summed E-state index contributed by atoms with van der Waals surface area (Å²) >= 11 is 0. The van der Waals surface area contributed by atoms with E-state index < -0.39 is 0 Å². The Balaban J connectivity index is 2.05. The molecule has 0 saturated carbocycles. The van der Waals surface area contributed by atoms with E-state index >= 15 is 0 Å². The van der Waals surface area contributed by atoms with Gasteiger partial charge in [0.1, 0.15) is 0 Å². The van der Waals surface area contributed by atoms with Crippen LogP contribution in [-0.2, 0) is 6.42 Å². The largest absolute Gasteiger partial charge is 0.361 e. The molecule has 2 nitrogen and oxygen atoms in total. The fraction of sp³-hybridized carbons (Fsp3) is 0.0625. The van der Waals surface area contributed by atoms with Crippen molar-refractivity contribution in [1.82, 2.24) is 4.98 Å². The van der Waals surface area contributed by atoms with Crippen LogP contribution in [0.3, 0.4) is 0 Å². The molecule has 0 aliphatic carbocycles. The van der Waals surface area contributed by atoms with Crippen molar-refractivity contribution in [2.75, 3.05) is 0 Å². The number of benzene rings is 2. The zero-order valence-corrected chi connectivity index (χ0v) is 9.85. The van der Waals surface area contributed by atoms with Crippen LogP contribution in [0.5, 0.6) is 0 Å². The number of aromatic nitrogens is 1. The summed E-state index contributed by atoms with van der Waals surface area (Å²) in [5.74, 6) is 0. The van der Waals surface area contributed by atoms with Gasteiger partial charge < -0.3 is 4.98 Å². The van der Waals surface area contributed by atoms with Crippen molar-refractivity contribution >= 4 is 10.9 Å². The van der Waals surface area contributed by atoms with Crippen molar-refractivity contribution in [2.45, 2.75) is 6.42 Å². The molecule has 0 amide bonds. The van der Waals surface area contributed by atoms with Gasteiger partial charge in [-0.3, -0.25) is 0 Å². The molecule has 0 radical (unpaired) electrons. The molecular weight excluding hydrogens is 220 g/mol. The predicted molar refractivity (Wildman–Crippen MR) is 72.3 cm³/mol. The highest BCUT2D eigenvalue weighted by molar-refractivity contribution is 5.84. The number of nitrogens with one attached hydrogen (secondary N) is 1. The van der Waals surface area contributed by atoms with Gasteiger partial charge in [0.05, 0.1) is 11.6 Å². The van der Waals surface area contributed by atoms with E-state index in [1.165, 1.54) is 11.1 Å². The van der Waals surface area contributed by atoms with E-state index in [0.29, 0.717) is 5.56 Å². The summed E-state index contributed by atoms with van der Waals surface area (Å²) in [5.41, 5.74) is 4.30. The summed E-state index contributed by atoms with van der Waals surface area (Å²) < 4.78 is 0. The number of hydrogen-bond donors (Lipinski definition) is 1. The van der Waals surface area contributed by atoms with Crippen molar-refractivity contribution in [3.63, 3.8) is 0 Å². The summed E-state index contributed by atoms with van der Waals surface area (Å²) in [5, 5.41) is 10.1. The number of rotatable bonds is 2. The highest BCUT2D eigenvalue weighted by Gasteiger charge is 2.05. The molecule has 0 unspecified atom stereocenters. The molecule has 0 spiro atoms. The molecule has 0 saturated heterocycles. The molecule has 18 heavy (non-hydrogen) atoms. The Morgan fingerprint density at radius 3 is 2.67 bits per heavy atom. The van der Waals surface area contributed by atoms with E-state index in [2.05, 4.69) is 23.2 Å². The number of aromatic amines is 1. The molecule has 1 N–H and O–H groups in total. The standard InChI is InChI=1S/C16H12N2/c17-10-13-6-7-16-15(9-13)14(11-18-16)8-12-4-2-1-3-5-12/h1-7,9,11,18H,8H2. The van der Waals surface area contributed by atoms with E-state index in [-0.39, 0.29) is 0 Å². The minimum Gasteiger partial charge on any atom is -0.361 e. The van der Waals surface area contributed by atoms with Gasteiger partial charge in [0, 0.05) is 17.1 Å². The Kier molecular flexibility index (Phi) is 2.59. The SMILES string of the molecule is N#Cc1ccc2[nH]cc(Cc3ccccc3)c2c1. The lowest BCUT2D eigenvalue weighted by Crippen LogP contribution is -1.86. The van der Waals surface area contributed by atoms with E-state index in [1.54, 1.807) is 0 Å². The predicted octanol–water partition coefficient (Wildman–Crippen LogP) is 3.63. The second kappa shape index (κ2) is 4.38. The normalized spacial score (nSPS) is 10.4. The van der Waals surface area contributed by atoms with Gasteiger partial charge in [0.2, 0.25) is 0 Å². The van der Waals surface area contributed by atoms with Crippen LogP contribution in [0.15, 0.2) is 54.7 Å². The Morgan fingerprint density at radius 2 is 1.89 bits per heavy atom. The van der Waals surface area contributed by atoms with Gasteiger partial charge in [0.15, 0.2) is 0 Å². The summed E-state index contributed by atoms with van der Waals surface area (Å²) in [6.45, 7) is 0. The molecular formula is C16H12N2. The van der Waals surface area contributed by atoms with Gasteiger partial charge >= 0.3 is 0 Å². The zero-order valence-electron chi connectivity index (χ0n) is 9.85. The number of nitriles is 1. The molecule has 3 rings (SSSR count). The number of H-pyrrole nitrogens is 1. The average molecular weight is 232 g/mol. The fourth-order valence-electron chi connectivity index (χ4n) is 2.21. The van der Waals surface area contributed by atoms with Crippen molar-refractivity contribution < 1.29 is 0 Å². The van der Waals surface area contributed by atoms with Crippen LogP contribution in [0.2, 0.25) is 0 Å². The second-order valence-corrected chi connectivity index (χ2v) is 4.35. The van der Waals surface area contributed by atoms with Gasteiger partial charge in [-0.2, -0.15) is 5.26 Å². The number of fused-ring (bicyclic) bond motifs is 1. The highest BCUT2D eigenvalue weighted by atomic mass is 14.7. The number of hydrogen-bond acceptors (Lipinski definition) is 1. The third kappa shape index (κ3) is 1.87. The van der Waals surface area contributed by atoms with Gasteiger partial charge in [-0.05, 0) is 35.7 Å². The van der Waals surface area contributed by atoms with Crippen molar-refractivity contribution in [2.24, 2.45) is 0 Å². The number of nitrogens with zero attached hydrogens (tertiary/aromatic N) is 1. The molecule has 3 aromatic rings. The van der Waals surface area contributed by atoms with Gasteiger partial charge in [0.25, 0.3) is 0 Å². The highest BCUT2D eigenvalue weighted by Crippen LogP contribution is 2.22. The van der Waals surface area contributed by atoms with Crippen LogP contribution in [-0.4, -0.2) is 4.98 Å². The van der Waals surface area contributed by atoms with Crippen molar-refractivity contribution in [3.05, 3.63) is 71.4 Å². The summed E-state index contributed by atoms with van der Waals surface area (Å²) in [4.78, 5) is 3.25. The minimum atomic E-state index is 0.705. The molecule has 1 heterocycles. The molecule has 0 bridgehead atoms. The van der Waals surface area contributed by atoms with E-state index in [4.69, 9.17) is 5.26 Å². The summed E-state index contributed by atoms with van der Waals surface area (Å²) in [6, 6.07) is 18.3. The molecule has 2 heteroatoms. The average Bonchev–Trinajstić information content (AvgIpc) is 2.82. The zero-order chi connectivity index (χ0) is 12.4. The van der Waals surface area contributed by atoms with Crippen LogP contribution >= 0.6 is 0 Å². The first kappa shape index (κ1) is 10.6. The Hall–Kier alpha value is -2.53. The first-order valence-electron chi connectivity index (χ1n) is 5.91. The maximum absolute atomic E-state index is 8.95. The molecule has 0 atom stereocenters. The van der Waals surface area contributed by atoms with Crippen LogP contribution in [0.1, 0.15) is 16.7 Å². The van der Waals surface area contributed by atoms with Crippen LogP contribution in [0, 0.1) is 11.3 Å². The Labute approximate surface area is 106 Å². The lowest BCUT2D eigenvalue weighted by atomic mass is 10.0. The molecule has 86 valence electrons. The molecule has 2 aromatic carbocycles. The van der Waals surface area contributed by atoms with Crippen LogP contribution < -0.4 is 0 Å².